The van der Waals surface area contributed by atoms with Gasteiger partial charge in [0.1, 0.15) is 12.6 Å². The third kappa shape index (κ3) is 37.7. The SMILES string of the molecule is CC/C=C\C/C=C\C/C=C\C/C=C\C(CCCCCC(=O)NCC(=O)O)OC(=O)CCCCCCCCCCC/C=C\C/C=C\CCCCC. The van der Waals surface area contributed by atoms with Crippen LogP contribution >= 0.6 is 0 Å². The third-order valence-corrected chi connectivity index (χ3v) is 8.35. The van der Waals surface area contributed by atoms with Gasteiger partial charge < -0.3 is 15.2 Å². The molecule has 0 aliphatic carbocycles. The molecule has 1 amide bonds. The van der Waals surface area contributed by atoms with Crippen LogP contribution in [-0.4, -0.2) is 35.6 Å². The number of hydrogen-bond donors (Lipinski definition) is 2. The van der Waals surface area contributed by atoms with Crippen molar-refractivity contribution in [2.24, 2.45) is 0 Å². The molecule has 0 aromatic rings. The fourth-order valence-corrected chi connectivity index (χ4v) is 5.39. The predicted molar refractivity (Wildman–Crippen MR) is 212 cm³/mol. The average Bonchev–Trinajstić information content (AvgIpc) is 3.10. The second-order valence-corrected chi connectivity index (χ2v) is 13.2. The van der Waals surface area contributed by atoms with Crippen LogP contribution in [0, 0.1) is 0 Å². The lowest BCUT2D eigenvalue weighted by Crippen LogP contribution is -2.28. The number of nitrogens with one attached hydrogen (secondary N) is 1. The van der Waals surface area contributed by atoms with E-state index in [-0.39, 0.29) is 24.5 Å². The highest BCUT2D eigenvalue weighted by atomic mass is 16.5. The molecular weight excluding hydrogens is 622 g/mol. The molecule has 0 heterocycles. The van der Waals surface area contributed by atoms with Crippen molar-refractivity contribution in [2.75, 3.05) is 6.54 Å². The molecule has 0 rings (SSSR count). The van der Waals surface area contributed by atoms with Crippen molar-refractivity contribution < 1.29 is 24.2 Å². The van der Waals surface area contributed by atoms with E-state index in [9.17, 15) is 14.4 Å². The second kappa shape index (κ2) is 38.6. The molecule has 0 aliphatic heterocycles. The summed E-state index contributed by atoms with van der Waals surface area (Å²) in [6.07, 6.45) is 51.8. The van der Waals surface area contributed by atoms with Crippen LogP contribution in [0.1, 0.15) is 174 Å². The summed E-state index contributed by atoms with van der Waals surface area (Å²) in [7, 11) is 0. The van der Waals surface area contributed by atoms with Gasteiger partial charge in [-0.25, -0.2) is 0 Å². The molecule has 0 spiro atoms. The maximum Gasteiger partial charge on any atom is 0.322 e. The number of carboxylic acid groups (broad SMARTS) is 1. The van der Waals surface area contributed by atoms with Crippen LogP contribution < -0.4 is 5.32 Å². The van der Waals surface area contributed by atoms with Gasteiger partial charge in [-0.2, -0.15) is 0 Å². The van der Waals surface area contributed by atoms with E-state index in [1.54, 1.807) is 0 Å². The summed E-state index contributed by atoms with van der Waals surface area (Å²) in [5.74, 6) is -1.43. The Kier molecular flexibility index (Phi) is 36.2. The Balaban J connectivity index is 4.21. The number of aliphatic carboxylic acids is 1. The molecule has 0 radical (unpaired) electrons. The highest BCUT2D eigenvalue weighted by molar-refractivity contribution is 5.80. The predicted octanol–water partition coefficient (Wildman–Crippen LogP) is 12.2. The molecule has 1 atom stereocenters. The number of amides is 1. The van der Waals surface area contributed by atoms with E-state index in [0.29, 0.717) is 25.7 Å². The number of carbonyl (C=O) groups excluding carboxylic acids is 2. The largest absolute Gasteiger partial charge is 0.480 e. The summed E-state index contributed by atoms with van der Waals surface area (Å²) >= 11 is 0. The molecular formula is C44H73NO5. The first-order valence-corrected chi connectivity index (χ1v) is 20.1. The van der Waals surface area contributed by atoms with Crippen LogP contribution in [-0.2, 0) is 19.1 Å². The first-order valence-electron chi connectivity index (χ1n) is 20.1. The smallest absolute Gasteiger partial charge is 0.322 e. The van der Waals surface area contributed by atoms with Crippen molar-refractivity contribution in [3.63, 3.8) is 0 Å². The molecule has 1 unspecified atom stereocenters. The quantitative estimate of drug-likeness (QED) is 0.0391. The minimum Gasteiger partial charge on any atom is -0.480 e. The summed E-state index contributed by atoms with van der Waals surface area (Å²) in [6, 6.07) is 0. The van der Waals surface area contributed by atoms with Crippen LogP contribution in [0.3, 0.4) is 0 Å². The Morgan fingerprint density at radius 2 is 1.04 bits per heavy atom. The number of hydrogen-bond acceptors (Lipinski definition) is 4. The van der Waals surface area contributed by atoms with Gasteiger partial charge in [0, 0.05) is 12.8 Å². The normalized spacial score (nSPS) is 12.8. The van der Waals surface area contributed by atoms with Gasteiger partial charge in [-0.15, -0.1) is 0 Å². The summed E-state index contributed by atoms with van der Waals surface area (Å²) in [6.45, 7) is 4.03. The lowest BCUT2D eigenvalue weighted by atomic mass is 10.1. The van der Waals surface area contributed by atoms with Crippen LogP contribution in [0.5, 0.6) is 0 Å². The Morgan fingerprint density at radius 3 is 1.62 bits per heavy atom. The van der Waals surface area contributed by atoms with Crippen LogP contribution in [0.25, 0.3) is 0 Å². The molecule has 0 aromatic carbocycles. The van der Waals surface area contributed by atoms with E-state index in [4.69, 9.17) is 9.84 Å². The second-order valence-electron chi connectivity index (χ2n) is 13.2. The first-order chi connectivity index (χ1) is 24.5. The number of esters is 1. The van der Waals surface area contributed by atoms with Gasteiger partial charge in [0.05, 0.1) is 0 Å². The van der Waals surface area contributed by atoms with Crippen molar-refractivity contribution in [1.82, 2.24) is 5.32 Å². The molecule has 6 nitrogen and oxygen atoms in total. The summed E-state index contributed by atoms with van der Waals surface area (Å²) < 4.78 is 5.85. The zero-order valence-electron chi connectivity index (χ0n) is 32.0. The minimum atomic E-state index is -1.04. The molecule has 0 fully saturated rings. The number of unbranched alkanes of at least 4 members (excludes halogenated alkanes) is 14. The third-order valence-electron chi connectivity index (χ3n) is 8.35. The molecule has 0 aliphatic rings. The number of allylic oxidation sites excluding steroid dienone is 11. The Bertz CT molecular complexity index is 990. The molecule has 6 heteroatoms. The van der Waals surface area contributed by atoms with Gasteiger partial charge in [-0.1, -0.05) is 145 Å². The summed E-state index contributed by atoms with van der Waals surface area (Å²) in [4.78, 5) is 35.0. The first kappa shape index (κ1) is 46.9. The van der Waals surface area contributed by atoms with Gasteiger partial charge in [0.2, 0.25) is 5.91 Å². The fraction of sp³-hybridized carbons (Fsp3) is 0.659. The molecule has 0 bridgehead atoms. The molecule has 2 N–H and O–H groups in total. The standard InChI is InChI=1S/C44H73NO5/c1-3-5-7-9-11-13-15-16-17-18-19-20-21-22-24-26-28-30-35-39-44(49)50-41(37-33-31-34-38-42(46)45-40-43(47)48)36-32-29-27-25-23-14-12-10-8-6-4-2/h6,8,11-14,16-17,25,27,32,36,41H,3-5,7,9-10,15,18-24,26,28-31,33-35,37-40H2,1-2H3,(H,45,46)(H,47,48)/b8-6-,13-11-,14-12-,17-16-,27-25-,36-32-. The van der Waals surface area contributed by atoms with Crippen molar-refractivity contribution >= 4 is 17.8 Å². The minimum absolute atomic E-state index is 0.137. The van der Waals surface area contributed by atoms with E-state index in [2.05, 4.69) is 86.0 Å². The fourth-order valence-electron chi connectivity index (χ4n) is 5.39. The molecule has 50 heavy (non-hydrogen) atoms. The van der Waals surface area contributed by atoms with Crippen LogP contribution in [0.15, 0.2) is 72.9 Å². The van der Waals surface area contributed by atoms with Gasteiger partial charge >= 0.3 is 11.9 Å². The van der Waals surface area contributed by atoms with E-state index in [1.165, 1.54) is 77.0 Å². The lowest BCUT2D eigenvalue weighted by molar-refractivity contribution is -0.147. The van der Waals surface area contributed by atoms with E-state index in [1.807, 2.05) is 6.08 Å². The number of carboxylic acids is 1. The lowest BCUT2D eigenvalue weighted by Gasteiger charge is -2.14. The van der Waals surface area contributed by atoms with E-state index >= 15 is 0 Å². The Morgan fingerprint density at radius 1 is 0.560 bits per heavy atom. The maximum absolute atomic E-state index is 12.7. The van der Waals surface area contributed by atoms with Gasteiger partial charge in [-0.05, 0) is 89.5 Å². The number of rotatable bonds is 35. The topological polar surface area (TPSA) is 92.7 Å². The Labute approximate surface area is 306 Å². The van der Waals surface area contributed by atoms with E-state index < -0.39 is 5.97 Å². The van der Waals surface area contributed by atoms with Crippen molar-refractivity contribution in [2.45, 2.75) is 180 Å². The molecule has 0 aromatic heterocycles. The zero-order valence-corrected chi connectivity index (χ0v) is 32.0. The highest BCUT2D eigenvalue weighted by Gasteiger charge is 2.12. The van der Waals surface area contributed by atoms with Gasteiger partial charge in [0.25, 0.3) is 0 Å². The summed E-state index contributed by atoms with van der Waals surface area (Å²) in [5, 5.41) is 11.1. The molecule has 0 saturated heterocycles. The van der Waals surface area contributed by atoms with Crippen molar-refractivity contribution in [1.29, 1.82) is 0 Å². The Hall–Kier alpha value is -3.15. The molecule has 0 saturated carbocycles. The number of carbonyl (C=O) groups is 3. The monoisotopic (exact) mass is 696 g/mol. The van der Waals surface area contributed by atoms with Crippen LogP contribution in [0.2, 0.25) is 0 Å². The summed E-state index contributed by atoms with van der Waals surface area (Å²) in [5.41, 5.74) is 0. The number of ether oxygens (including phenoxy) is 1. The average molecular weight is 696 g/mol. The van der Waals surface area contributed by atoms with Crippen molar-refractivity contribution in [3.8, 4) is 0 Å². The highest BCUT2D eigenvalue weighted by Crippen LogP contribution is 2.15. The van der Waals surface area contributed by atoms with Gasteiger partial charge in [0.15, 0.2) is 0 Å². The van der Waals surface area contributed by atoms with E-state index in [0.717, 1.165) is 57.8 Å². The molecule has 284 valence electrons. The zero-order chi connectivity index (χ0) is 36.6. The van der Waals surface area contributed by atoms with Crippen LogP contribution in [0.4, 0.5) is 0 Å². The van der Waals surface area contributed by atoms with Crippen molar-refractivity contribution in [3.05, 3.63) is 72.9 Å². The van der Waals surface area contributed by atoms with Gasteiger partial charge in [-0.3, -0.25) is 14.4 Å². The maximum atomic E-state index is 12.7.